The van der Waals surface area contributed by atoms with Crippen molar-refractivity contribution < 1.29 is 17.9 Å². The van der Waals surface area contributed by atoms with Gasteiger partial charge in [0.25, 0.3) is 0 Å². The predicted molar refractivity (Wildman–Crippen MR) is 210 cm³/mol. The van der Waals surface area contributed by atoms with Crippen LogP contribution in [0.5, 0.6) is 5.75 Å². The normalized spacial score (nSPS) is 17.9. The average molecular weight is 784 g/mol. The number of hydrogen-bond donors (Lipinski definition) is 0. The van der Waals surface area contributed by atoms with Gasteiger partial charge in [-0.25, -0.2) is 0 Å². The Morgan fingerprint density at radius 1 is 0.833 bits per heavy atom. The van der Waals surface area contributed by atoms with Crippen LogP contribution in [0.15, 0.2) is 65.9 Å². The molecule has 0 amide bonds. The summed E-state index contributed by atoms with van der Waals surface area (Å²) in [6.07, 6.45) is 6.39. The molecule has 48 heavy (non-hydrogen) atoms. The molecule has 0 radical (unpaired) electrons. The average Bonchev–Trinajstić information content (AvgIpc) is 3.45. The Hall–Kier alpha value is -1.61. The SMILES string of the molecule is CC(C)(C)C1=C[C@H](C(C)(C)C)CC(N2[CH-]N(c3cc(C(C)(C)C)cc(C(C)(C)C)c3)CC2)=C1.[CH2-][O+](c1ccccc1[CH]=[Ru]([Cl])[Cl])C(C)C. The maximum atomic E-state index is 5.87. The summed E-state index contributed by atoms with van der Waals surface area (Å²) in [4.78, 5) is 4.98. The topological polar surface area (TPSA) is 9.18 Å². The molecule has 6 heteroatoms. The van der Waals surface area contributed by atoms with E-state index in [0.29, 0.717) is 5.92 Å². The van der Waals surface area contributed by atoms with Gasteiger partial charge in [0.1, 0.15) is 0 Å². The molecule has 1 aliphatic heterocycles. The van der Waals surface area contributed by atoms with E-state index >= 15 is 0 Å². The van der Waals surface area contributed by atoms with Crippen LogP contribution in [0, 0.1) is 30.5 Å². The Balaban J connectivity index is 0.000000348. The summed E-state index contributed by atoms with van der Waals surface area (Å²) in [5.41, 5.74) is 8.82. The number of benzene rings is 2. The van der Waals surface area contributed by atoms with Gasteiger partial charge in [-0.2, -0.15) is 6.67 Å². The van der Waals surface area contributed by atoms with Gasteiger partial charge < -0.3 is 9.80 Å². The van der Waals surface area contributed by atoms with Crippen molar-refractivity contribution in [1.29, 1.82) is 0 Å². The number of halogens is 2. The van der Waals surface area contributed by atoms with E-state index < -0.39 is 13.5 Å². The molecule has 2 aliphatic rings. The van der Waals surface area contributed by atoms with Crippen molar-refractivity contribution in [1.82, 2.24) is 4.90 Å². The van der Waals surface area contributed by atoms with Crippen molar-refractivity contribution >= 4 is 29.7 Å². The van der Waals surface area contributed by atoms with Gasteiger partial charge in [0.2, 0.25) is 0 Å². The first-order chi connectivity index (χ1) is 21.9. The Morgan fingerprint density at radius 3 is 1.85 bits per heavy atom. The molecular formula is C42H63Cl2N2ORu-. The molecule has 2 aromatic rings. The third-order valence-electron chi connectivity index (χ3n) is 9.28. The molecule has 3 nitrogen and oxygen atoms in total. The van der Waals surface area contributed by atoms with Crippen LogP contribution >= 0.6 is 19.4 Å². The van der Waals surface area contributed by atoms with Gasteiger partial charge in [-0.05, 0) is 74.6 Å². The molecule has 0 unspecified atom stereocenters. The first kappa shape index (κ1) is 40.8. The molecular weight excluding hydrogens is 720 g/mol. The summed E-state index contributed by atoms with van der Waals surface area (Å²) in [6.45, 7) is 36.6. The van der Waals surface area contributed by atoms with E-state index in [0.717, 1.165) is 30.8 Å². The van der Waals surface area contributed by atoms with Gasteiger partial charge in [0.15, 0.2) is 0 Å². The molecule has 270 valence electrons. The molecule has 1 fully saturated rings. The van der Waals surface area contributed by atoms with Crippen molar-refractivity contribution in [2.75, 3.05) is 18.0 Å². The zero-order chi connectivity index (χ0) is 36.4. The monoisotopic (exact) mass is 783 g/mol. The quantitative estimate of drug-likeness (QED) is 0.170. The zero-order valence-electron chi connectivity index (χ0n) is 32.2. The number of hydrogen-bond acceptors (Lipinski definition) is 2. The standard InChI is InChI=1S/C31H49N2.C11H14O.2ClH.Ru/c1-28(2,3)22-15-23(29(4,5)6)18-26(17-22)32-13-14-33(21-32)27-19-24(30(7,8)9)16-25(20-27)31(10,11)12;1-9(2)12(4)11-8-6-5-7-10(11)3;;;/h15-19,21,25H,13-14,20H2,1-12H3;3,5-9H,4H2,1-2H3;2*1H;/q-1;;;;+2/p-2/t25-;;;;/m0..../s1. The third kappa shape index (κ3) is 11.2. The van der Waals surface area contributed by atoms with Crippen molar-refractivity contribution in [3.63, 3.8) is 0 Å². The molecule has 0 bridgehead atoms. The molecule has 1 aliphatic carbocycles. The van der Waals surface area contributed by atoms with Crippen molar-refractivity contribution in [2.45, 2.75) is 120 Å². The molecule has 1 heterocycles. The number of anilines is 1. The molecule has 4 rings (SSSR count). The van der Waals surface area contributed by atoms with Gasteiger partial charge in [-0.3, -0.25) is 0 Å². The Labute approximate surface area is 307 Å². The first-order valence-electron chi connectivity index (χ1n) is 17.3. The molecule has 2 aromatic carbocycles. The summed E-state index contributed by atoms with van der Waals surface area (Å²) in [5, 5.41) is 0. The van der Waals surface area contributed by atoms with Crippen molar-refractivity contribution in [3.8, 4) is 5.75 Å². The fourth-order valence-corrected chi connectivity index (χ4v) is 7.51. The first-order valence-corrected chi connectivity index (χ1v) is 22.8. The van der Waals surface area contributed by atoms with Crippen LogP contribution in [0.1, 0.15) is 120 Å². The second-order valence-electron chi connectivity index (χ2n) is 17.8. The third-order valence-corrected chi connectivity index (χ3v) is 11.1. The van der Waals surface area contributed by atoms with E-state index in [4.69, 9.17) is 19.4 Å². The van der Waals surface area contributed by atoms with Crippen LogP contribution in [-0.2, 0) is 28.7 Å². The minimum absolute atomic E-state index is 0.133. The van der Waals surface area contributed by atoms with E-state index in [-0.39, 0.29) is 27.8 Å². The summed E-state index contributed by atoms with van der Waals surface area (Å²) in [5.74, 6) is 1.55. The predicted octanol–water partition coefficient (Wildman–Crippen LogP) is 12.7. The Kier molecular flexibility index (Phi) is 13.4. The van der Waals surface area contributed by atoms with E-state index in [9.17, 15) is 0 Å². The molecule has 0 spiro atoms. The van der Waals surface area contributed by atoms with Crippen molar-refractivity contribution in [3.05, 3.63) is 96.4 Å². The van der Waals surface area contributed by atoms with Gasteiger partial charge in [0.05, 0.1) is 0 Å². The molecule has 0 saturated carbocycles. The zero-order valence-corrected chi connectivity index (χ0v) is 35.5. The van der Waals surface area contributed by atoms with Gasteiger partial charge >= 0.3 is 105 Å². The number of para-hydroxylation sites is 1. The molecule has 1 saturated heterocycles. The summed E-state index contributed by atoms with van der Waals surface area (Å²) in [7, 11) is 15.7. The summed E-state index contributed by atoms with van der Waals surface area (Å²) >= 11 is -1.79. The Morgan fingerprint density at radius 2 is 1.38 bits per heavy atom. The maximum absolute atomic E-state index is 5.87. The fraction of sp³-hybridized carbons (Fsp3) is 0.548. The second kappa shape index (κ2) is 15.7. The van der Waals surface area contributed by atoms with Crippen LogP contribution in [0.25, 0.3) is 0 Å². The van der Waals surface area contributed by atoms with Crippen LogP contribution in [0.4, 0.5) is 5.69 Å². The van der Waals surface area contributed by atoms with E-state index in [1.165, 1.54) is 28.1 Å². The van der Waals surface area contributed by atoms with Crippen LogP contribution in [0.3, 0.4) is 0 Å². The van der Waals surface area contributed by atoms with Crippen LogP contribution in [0.2, 0.25) is 0 Å². The second-order valence-corrected chi connectivity index (χ2v) is 23.5. The molecule has 1 atom stereocenters. The Bertz CT molecular complexity index is 1460. The summed E-state index contributed by atoms with van der Waals surface area (Å²) < 4.78 is 4.74. The van der Waals surface area contributed by atoms with Gasteiger partial charge in [-0.1, -0.05) is 95.2 Å². The van der Waals surface area contributed by atoms with Gasteiger partial charge in [-0.15, -0.1) is 0 Å². The van der Waals surface area contributed by atoms with E-state index in [1.807, 2.05) is 28.9 Å². The molecule has 0 aromatic heterocycles. The minimum atomic E-state index is -1.79. The summed E-state index contributed by atoms with van der Waals surface area (Å²) in [6, 6.07) is 15.2. The molecule has 0 N–H and O–H groups in total. The van der Waals surface area contributed by atoms with Crippen molar-refractivity contribution in [2.24, 2.45) is 16.7 Å². The van der Waals surface area contributed by atoms with Gasteiger partial charge in [0, 0.05) is 18.8 Å². The van der Waals surface area contributed by atoms with E-state index in [1.54, 1.807) is 0 Å². The van der Waals surface area contributed by atoms with Crippen LogP contribution < -0.4 is 4.90 Å². The van der Waals surface area contributed by atoms with Crippen LogP contribution in [-0.4, -0.2) is 28.7 Å². The number of rotatable bonds is 5. The number of nitrogens with zero attached hydrogens (tertiary/aromatic N) is 2. The van der Waals surface area contributed by atoms with E-state index in [2.05, 4.69) is 155 Å². The fourth-order valence-electron chi connectivity index (χ4n) is 5.71. The number of allylic oxidation sites excluding steroid dienone is 4.